The lowest BCUT2D eigenvalue weighted by Crippen LogP contribution is -2.44. The Morgan fingerprint density at radius 2 is 1.77 bits per heavy atom. The lowest BCUT2D eigenvalue weighted by atomic mass is 10.0. The molecule has 0 aliphatic carbocycles. The van der Waals surface area contributed by atoms with Crippen molar-refractivity contribution >= 4 is 18.2 Å². The van der Waals surface area contributed by atoms with Crippen molar-refractivity contribution in [3.63, 3.8) is 0 Å². The third-order valence-corrected chi connectivity index (χ3v) is 3.91. The molecule has 9 nitrogen and oxygen atoms in total. The zero-order valence-corrected chi connectivity index (χ0v) is 18.5. The van der Waals surface area contributed by atoms with Gasteiger partial charge >= 0.3 is 18.2 Å². The number of hydrogen-bond donors (Lipinski definition) is 2. The van der Waals surface area contributed by atoms with Crippen LogP contribution in [-0.4, -0.2) is 42.4 Å². The van der Waals surface area contributed by atoms with E-state index in [1.165, 1.54) is 6.92 Å². The number of carbonyl (C=O) groups excluding carboxylic acids is 3. The maximum absolute atomic E-state index is 12.2. The topological polar surface area (TPSA) is 127 Å². The van der Waals surface area contributed by atoms with Crippen molar-refractivity contribution in [1.82, 2.24) is 10.6 Å². The number of alkyl carbamates (subject to hydrolysis) is 2. The number of benzene rings is 1. The molecule has 2 amide bonds. The van der Waals surface area contributed by atoms with E-state index in [2.05, 4.69) is 10.6 Å². The van der Waals surface area contributed by atoms with E-state index in [4.69, 9.17) is 14.2 Å². The first kappa shape index (κ1) is 25.8. The summed E-state index contributed by atoms with van der Waals surface area (Å²) >= 11 is 0. The Balaban J connectivity index is 2.53. The highest BCUT2D eigenvalue weighted by Crippen LogP contribution is 2.11. The van der Waals surface area contributed by atoms with Crippen LogP contribution < -0.4 is 10.6 Å². The first-order valence-electron chi connectivity index (χ1n) is 10.1. The van der Waals surface area contributed by atoms with E-state index in [-0.39, 0.29) is 6.61 Å². The van der Waals surface area contributed by atoms with E-state index < -0.39 is 35.9 Å². The maximum Gasteiger partial charge on any atom is 0.407 e. The molecular weight excluding hydrogens is 402 g/mol. The minimum atomic E-state index is -1.15. The quantitative estimate of drug-likeness (QED) is 0.329. The number of nitriles is 1. The zero-order chi connectivity index (χ0) is 23.3. The minimum Gasteiger partial charge on any atom is -0.445 e. The van der Waals surface area contributed by atoms with Crippen LogP contribution in [0.2, 0.25) is 0 Å². The molecule has 0 radical (unpaired) electrons. The second-order valence-corrected chi connectivity index (χ2v) is 7.90. The number of hydrogen-bond acceptors (Lipinski definition) is 7. The van der Waals surface area contributed by atoms with Gasteiger partial charge in [-0.15, -0.1) is 0 Å². The number of amides is 2. The van der Waals surface area contributed by atoms with Gasteiger partial charge in [-0.3, -0.25) is 4.79 Å². The van der Waals surface area contributed by atoms with E-state index >= 15 is 0 Å². The molecule has 31 heavy (non-hydrogen) atoms. The van der Waals surface area contributed by atoms with Gasteiger partial charge in [-0.1, -0.05) is 30.3 Å². The summed E-state index contributed by atoms with van der Waals surface area (Å²) < 4.78 is 15.4. The van der Waals surface area contributed by atoms with Gasteiger partial charge in [0, 0.05) is 13.5 Å². The molecule has 0 aliphatic heterocycles. The number of nitrogens with one attached hydrogen (secondary N) is 2. The van der Waals surface area contributed by atoms with Gasteiger partial charge in [0.15, 0.2) is 0 Å². The fourth-order valence-corrected chi connectivity index (χ4v) is 2.59. The number of rotatable bonds is 10. The van der Waals surface area contributed by atoms with Gasteiger partial charge in [0.25, 0.3) is 0 Å². The first-order valence-corrected chi connectivity index (χ1v) is 10.1. The van der Waals surface area contributed by atoms with Gasteiger partial charge in [0.05, 0.1) is 6.04 Å². The Morgan fingerprint density at radius 1 is 1.10 bits per heavy atom. The van der Waals surface area contributed by atoms with Crippen LogP contribution in [0.15, 0.2) is 30.3 Å². The molecule has 0 bridgehead atoms. The molecule has 1 aromatic carbocycles. The molecule has 170 valence electrons. The van der Waals surface area contributed by atoms with E-state index in [0.717, 1.165) is 5.56 Å². The van der Waals surface area contributed by atoms with E-state index in [1.54, 1.807) is 20.8 Å². The number of esters is 1. The molecule has 2 N–H and O–H groups in total. The third kappa shape index (κ3) is 12.1. The van der Waals surface area contributed by atoms with Crippen molar-refractivity contribution in [2.75, 3.05) is 6.54 Å². The van der Waals surface area contributed by atoms with Crippen molar-refractivity contribution < 1.29 is 28.6 Å². The summed E-state index contributed by atoms with van der Waals surface area (Å²) in [5.41, 5.74) is 0.239. The summed E-state index contributed by atoms with van der Waals surface area (Å²) in [6.07, 6.45) is -0.898. The number of nitrogens with zero attached hydrogens (tertiary/aromatic N) is 1. The highest BCUT2D eigenvalue weighted by Gasteiger charge is 2.26. The van der Waals surface area contributed by atoms with Crippen molar-refractivity contribution in [3.05, 3.63) is 35.9 Å². The summed E-state index contributed by atoms with van der Waals surface area (Å²) in [6, 6.07) is 10.3. The largest absolute Gasteiger partial charge is 0.445 e. The van der Waals surface area contributed by atoms with Crippen LogP contribution in [0, 0.1) is 11.3 Å². The van der Waals surface area contributed by atoms with Crippen LogP contribution in [-0.2, 0) is 25.6 Å². The van der Waals surface area contributed by atoms with Crippen LogP contribution >= 0.6 is 0 Å². The Morgan fingerprint density at radius 3 is 2.35 bits per heavy atom. The van der Waals surface area contributed by atoms with Gasteiger partial charge in [-0.05, 0) is 45.6 Å². The molecule has 1 aromatic rings. The van der Waals surface area contributed by atoms with Crippen LogP contribution in [0.1, 0.15) is 52.5 Å². The predicted molar refractivity (Wildman–Crippen MR) is 113 cm³/mol. The summed E-state index contributed by atoms with van der Waals surface area (Å²) in [6.45, 7) is 6.96. The molecule has 1 unspecified atom stereocenters. The van der Waals surface area contributed by atoms with E-state index in [0.29, 0.717) is 25.8 Å². The molecule has 0 fully saturated rings. The van der Waals surface area contributed by atoms with Crippen molar-refractivity contribution in [2.45, 2.75) is 71.3 Å². The smallest absolute Gasteiger partial charge is 0.407 e. The Labute approximate surface area is 183 Å². The minimum absolute atomic E-state index is 0.0734. The molecule has 0 saturated carbocycles. The van der Waals surface area contributed by atoms with Gasteiger partial charge in [-0.25, -0.2) is 9.59 Å². The lowest BCUT2D eigenvalue weighted by molar-refractivity contribution is -0.145. The Hall–Kier alpha value is -3.28. The van der Waals surface area contributed by atoms with Gasteiger partial charge in [0.1, 0.15) is 18.3 Å². The average molecular weight is 434 g/mol. The first-order chi connectivity index (χ1) is 14.6. The summed E-state index contributed by atoms with van der Waals surface area (Å²) in [5.74, 6) is -0.623. The SMILES string of the molecule is CC(=O)OC(C#N)[C@H](CCCCNC(=O)OC(C)(C)C)NC(=O)OCc1ccccc1. The van der Waals surface area contributed by atoms with Gasteiger partial charge in [0.2, 0.25) is 6.10 Å². The highest BCUT2D eigenvalue weighted by atomic mass is 16.6. The van der Waals surface area contributed by atoms with Crippen LogP contribution in [0.25, 0.3) is 0 Å². The van der Waals surface area contributed by atoms with Crippen molar-refractivity contribution in [3.8, 4) is 6.07 Å². The molecule has 0 aromatic heterocycles. The third-order valence-electron chi connectivity index (χ3n) is 3.91. The summed E-state index contributed by atoms with van der Waals surface area (Å²) in [4.78, 5) is 35.1. The van der Waals surface area contributed by atoms with Crippen LogP contribution in [0.3, 0.4) is 0 Å². The summed E-state index contributed by atoms with van der Waals surface area (Å²) in [5, 5.41) is 14.6. The molecule has 1 rings (SSSR count). The predicted octanol–water partition coefficient (Wildman–Crippen LogP) is 3.43. The normalized spacial score (nSPS) is 12.6. The van der Waals surface area contributed by atoms with Crippen LogP contribution in [0.5, 0.6) is 0 Å². The van der Waals surface area contributed by atoms with Gasteiger partial charge in [-0.2, -0.15) is 5.26 Å². The number of unbranched alkanes of at least 4 members (excludes halogenated alkanes) is 1. The van der Waals surface area contributed by atoms with Gasteiger partial charge < -0.3 is 24.8 Å². The van der Waals surface area contributed by atoms with E-state index in [1.807, 2.05) is 36.4 Å². The monoisotopic (exact) mass is 433 g/mol. The molecule has 0 aliphatic rings. The molecule has 0 saturated heterocycles. The second kappa shape index (κ2) is 13.1. The molecule has 0 heterocycles. The van der Waals surface area contributed by atoms with Crippen molar-refractivity contribution in [2.24, 2.45) is 0 Å². The molecule has 0 spiro atoms. The summed E-state index contributed by atoms with van der Waals surface area (Å²) in [7, 11) is 0. The Kier molecular flexibility index (Phi) is 10.9. The standard InChI is InChI=1S/C22H31N3O6/c1-16(26)30-19(14-23)18(12-8-9-13-24-20(27)31-22(2,3)4)25-21(28)29-15-17-10-6-5-7-11-17/h5-7,10-11,18-19H,8-9,12-13,15H2,1-4H3,(H,24,27)(H,25,28)/t18-,19?/m0/s1. The second-order valence-electron chi connectivity index (χ2n) is 7.90. The average Bonchev–Trinajstić information content (AvgIpc) is 2.68. The fourth-order valence-electron chi connectivity index (χ4n) is 2.59. The number of ether oxygens (including phenoxy) is 3. The van der Waals surface area contributed by atoms with E-state index in [9.17, 15) is 19.6 Å². The van der Waals surface area contributed by atoms with Crippen LogP contribution in [0.4, 0.5) is 9.59 Å². The highest BCUT2D eigenvalue weighted by molar-refractivity contribution is 5.69. The Bertz CT molecular complexity index is 755. The number of carbonyl (C=O) groups is 3. The molecule has 2 atom stereocenters. The molecule has 9 heteroatoms. The van der Waals surface area contributed by atoms with Crippen molar-refractivity contribution in [1.29, 1.82) is 5.26 Å². The molecular formula is C22H31N3O6. The zero-order valence-electron chi connectivity index (χ0n) is 18.5. The fraction of sp³-hybridized carbons (Fsp3) is 0.545. The maximum atomic E-state index is 12.2. The lowest BCUT2D eigenvalue weighted by Gasteiger charge is -2.23.